The summed E-state index contributed by atoms with van der Waals surface area (Å²) in [5.74, 6) is 10.8. The van der Waals surface area contributed by atoms with E-state index in [1.165, 1.54) is 0 Å². The minimum absolute atomic E-state index is 0.232. The molecule has 0 bridgehead atoms. The van der Waals surface area contributed by atoms with Gasteiger partial charge in [0.05, 0.1) is 0 Å². The van der Waals surface area contributed by atoms with Gasteiger partial charge in [0.2, 0.25) is 11.8 Å². The largest absolute Gasteiger partial charge is 0.328 e. The number of amides is 2. The maximum absolute atomic E-state index is 11.2. The third-order valence-corrected chi connectivity index (χ3v) is 3.11. The summed E-state index contributed by atoms with van der Waals surface area (Å²) in [5.41, 5.74) is 4.16. The third kappa shape index (κ3) is 3.68. The Bertz CT molecular complexity index is 591. The van der Waals surface area contributed by atoms with Crippen LogP contribution in [0.15, 0.2) is 24.8 Å². The molecular weight excluding hydrogens is 288 g/mol. The lowest BCUT2D eigenvalue weighted by Gasteiger charge is -2.09. The Morgan fingerprint density at radius 2 is 1.32 bits per heavy atom. The van der Waals surface area contributed by atoms with Crippen LogP contribution in [0, 0.1) is 0 Å². The molecule has 0 spiro atoms. The van der Waals surface area contributed by atoms with Crippen LogP contribution in [-0.2, 0) is 22.7 Å². The molecule has 0 unspecified atom stereocenters. The number of carbonyl (C=O) groups excluding carboxylic acids is 2. The van der Waals surface area contributed by atoms with Crippen molar-refractivity contribution in [2.75, 3.05) is 0 Å². The van der Waals surface area contributed by atoms with Crippen LogP contribution in [0.1, 0.15) is 12.8 Å². The number of hydrogen-bond donors (Lipinski definition) is 4. The second kappa shape index (κ2) is 7.33. The van der Waals surface area contributed by atoms with Gasteiger partial charge in [-0.15, -0.1) is 0 Å². The summed E-state index contributed by atoms with van der Waals surface area (Å²) in [6, 6.07) is 0. The predicted octanol–water partition coefficient (Wildman–Crippen LogP) is -1.49. The van der Waals surface area contributed by atoms with Gasteiger partial charge in [0.15, 0.2) is 11.6 Å². The van der Waals surface area contributed by atoms with E-state index in [0.717, 1.165) is 0 Å². The zero-order valence-corrected chi connectivity index (χ0v) is 11.9. The van der Waals surface area contributed by atoms with Gasteiger partial charge in [0.1, 0.15) is 0 Å². The predicted molar refractivity (Wildman–Crippen MR) is 77.3 cm³/mol. The summed E-state index contributed by atoms with van der Waals surface area (Å²) >= 11 is 0. The van der Waals surface area contributed by atoms with Crippen molar-refractivity contribution in [3.05, 3.63) is 24.8 Å². The highest BCUT2D eigenvalue weighted by molar-refractivity contribution is 5.75. The fraction of sp³-hybridized carbons (Fsp3) is 0.333. The third-order valence-electron chi connectivity index (χ3n) is 3.11. The highest BCUT2D eigenvalue weighted by Crippen LogP contribution is 2.16. The van der Waals surface area contributed by atoms with Gasteiger partial charge in [-0.2, -0.15) is 0 Å². The number of hydrogen-bond acceptors (Lipinski definition) is 6. The molecule has 0 aromatic carbocycles. The number of rotatable bonds is 7. The van der Waals surface area contributed by atoms with Crippen molar-refractivity contribution in [3.8, 4) is 11.6 Å². The number of aryl methyl sites for hydroxylation is 2. The second-order valence-electron chi connectivity index (χ2n) is 4.52. The number of imidazole rings is 2. The Balaban J connectivity index is 2.12. The van der Waals surface area contributed by atoms with Crippen LogP contribution in [0.5, 0.6) is 0 Å². The summed E-state index contributed by atoms with van der Waals surface area (Å²) in [5, 5.41) is 0. The van der Waals surface area contributed by atoms with Crippen LogP contribution in [-0.4, -0.2) is 30.9 Å². The summed E-state index contributed by atoms with van der Waals surface area (Å²) < 4.78 is 3.61. The first-order chi connectivity index (χ1) is 10.7. The highest BCUT2D eigenvalue weighted by atomic mass is 16.2. The summed E-state index contributed by atoms with van der Waals surface area (Å²) in [6.45, 7) is 0.850. The van der Waals surface area contributed by atoms with Crippen LogP contribution in [0.2, 0.25) is 0 Å². The molecule has 2 rings (SSSR count). The number of aromatic nitrogens is 4. The van der Waals surface area contributed by atoms with E-state index in [2.05, 4.69) is 20.8 Å². The first-order valence-corrected chi connectivity index (χ1v) is 6.67. The molecule has 10 heteroatoms. The van der Waals surface area contributed by atoms with E-state index in [1.54, 1.807) is 33.9 Å². The normalized spacial score (nSPS) is 10.5. The van der Waals surface area contributed by atoms with E-state index >= 15 is 0 Å². The van der Waals surface area contributed by atoms with Crippen LogP contribution in [0.3, 0.4) is 0 Å². The van der Waals surface area contributed by atoms with Crippen LogP contribution in [0.25, 0.3) is 11.6 Å². The van der Waals surface area contributed by atoms with E-state index in [-0.39, 0.29) is 24.7 Å². The Morgan fingerprint density at radius 1 is 0.909 bits per heavy atom. The molecule has 0 aliphatic heterocycles. The molecule has 0 aliphatic carbocycles. The molecule has 118 valence electrons. The maximum Gasteiger partial charge on any atom is 0.235 e. The zero-order chi connectivity index (χ0) is 15.9. The Morgan fingerprint density at radius 3 is 1.68 bits per heavy atom. The molecule has 2 amide bonds. The standard InChI is InChI=1S/C12H18N8O2/c13-17-9(21)1-5-19-7-3-15-11(19)12-16-4-8-20(12)6-2-10(22)18-14/h3-4,7-8H,1-2,5-6,13-14H2,(H,17,21)(H,18,22). The van der Waals surface area contributed by atoms with Gasteiger partial charge >= 0.3 is 0 Å². The molecule has 10 nitrogen and oxygen atoms in total. The number of hydrazine groups is 2. The average Bonchev–Trinajstić information content (AvgIpc) is 3.18. The fourth-order valence-electron chi connectivity index (χ4n) is 1.98. The first-order valence-electron chi connectivity index (χ1n) is 6.67. The molecule has 0 saturated heterocycles. The van der Waals surface area contributed by atoms with Crippen molar-refractivity contribution in [1.82, 2.24) is 30.0 Å². The summed E-state index contributed by atoms with van der Waals surface area (Å²) in [6.07, 6.45) is 7.23. The lowest BCUT2D eigenvalue weighted by Crippen LogP contribution is -2.31. The van der Waals surface area contributed by atoms with Crippen LogP contribution in [0.4, 0.5) is 0 Å². The van der Waals surface area contributed by atoms with Crippen molar-refractivity contribution in [2.45, 2.75) is 25.9 Å². The summed E-state index contributed by atoms with van der Waals surface area (Å²) in [7, 11) is 0. The minimum atomic E-state index is -0.261. The Kier molecular flexibility index (Phi) is 5.22. The van der Waals surface area contributed by atoms with Crippen molar-refractivity contribution in [3.63, 3.8) is 0 Å². The van der Waals surface area contributed by atoms with Crippen molar-refractivity contribution >= 4 is 11.8 Å². The topological polar surface area (TPSA) is 146 Å². The van der Waals surface area contributed by atoms with Crippen LogP contribution < -0.4 is 22.5 Å². The summed E-state index contributed by atoms with van der Waals surface area (Å²) in [4.78, 5) is 31.0. The monoisotopic (exact) mass is 306 g/mol. The second-order valence-corrected chi connectivity index (χ2v) is 4.52. The average molecular weight is 306 g/mol. The molecule has 0 saturated carbocycles. The first kappa shape index (κ1) is 15.7. The smallest absolute Gasteiger partial charge is 0.235 e. The van der Waals surface area contributed by atoms with Gasteiger partial charge in [0, 0.05) is 50.7 Å². The zero-order valence-electron chi connectivity index (χ0n) is 11.9. The quantitative estimate of drug-likeness (QED) is 0.278. The van der Waals surface area contributed by atoms with Crippen LogP contribution >= 0.6 is 0 Å². The number of nitrogens with two attached hydrogens (primary N) is 2. The van der Waals surface area contributed by atoms with Gasteiger partial charge in [0.25, 0.3) is 0 Å². The number of nitrogens with one attached hydrogen (secondary N) is 2. The molecule has 2 aromatic heterocycles. The van der Waals surface area contributed by atoms with Crippen molar-refractivity contribution in [2.24, 2.45) is 11.7 Å². The van der Waals surface area contributed by atoms with E-state index in [4.69, 9.17) is 11.7 Å². The Hall–Kier alpha value is -2.72. The van der Waals surface area contributed by atoms with Gasteiger partial charge in [-0.25, -0.2) is 21.7 Å². The van der Waals surface area contributed by atoms with E-state index in [0.29, 0.717) is 24.7 Å². The maximum atomic E-state index is 11.2. The molecule has 2 heterocycles. The molecule has 0 atom stereocenters. The molecule has 0 fully saturated rings. The molecular formula is C12H18N8O2. The lowest BCUT2D eigenvalue weighted by atomic mass is 10.3. The highest BCUT2D eigenvalue weighted by Gasteiger charge is 2.13. The molecule has 6 N–H and O–H groups in total. The SMILES string of the molecule is NNC(=O)CCn1ccnc1-c1nccn1CCC(=O)NN. The Labute approximate surface area is 126 Å². The number of nitrogens with zero attached hydrogens (tertiary/aromatic N) is 4. The molecule has 0 radical (unpaired) electrons. The van der Waals surface area contributed by atoms with Gasteiger partial charge in [-0.1, -0.05) is 0 Å². The van der Waals surface area contributed by atoms with Crippen molar-refractivity contribution in [1.29, 1.82) is 0 Å². The minimum Gasteiger partial charge on any atom is -0.328 e. The number of carbonyl (C=O) groups is 2. The van der Waals surface area contributed by atoms with Crippen molar-refractivity contribution < 1.29 is 9.59 Å². The van der Waals surface area contributed by atoms with E-state index in [1.807, 2.05) is 0 Å². The van der Waals surface area contributed by atoms with E-state index < -0.39 is 0 Å². The van der Waals surface area contributed by atoms with E-state index in [9.17, 15) is 9.59 Å². The molecule has 22 heavy (non-hydrogen) atoms. The van der Waals surface area contributed by atoms with Gasteiger partial charge in [-0.05, 0) is 0 Å². The molecule has 0 aliphatic rings. The molecule has 2 aromatic rings. The fourth-order valence-corrected chi connectivity index (χ4v) is 1.98. The lowest BCUT2D eigenvalue weighted by molar-refractivity contribution is -0.122. The van der Waals surface area contributed by atoms with Gasteiger partial charge in [-0.3, -0.25) is 20.4 Å². The van der Waals surface area contributed by atoms with Gasteiger partial charge < -0.3 is 9.13 Å².